The lowest BCUT2D eigenvalue weighted by Crippen LogP contribution is -2.43. The SMILES string of the molecule is CN(c1cccc(C(C2CC2)C2C(=O)OC(Cc3ccccc3)(Cc3ccccc3)C2=O)c1)S(=O)(=O)c1nc2ccccc2[nH]1. The number of H-pyrrole nitrogens is 1. The molecule has 2 atom stereocenters. The molecule has 2 heterocycles. The van der Waals surface area contributed by atoms with Crippen molar-refractivity contribution in [2.75, 3.05) is 11.4 Å². The number of carbonyl (C=O) groups is 2. The number of nitrogens with one attached hydrogen (secondary N) is 1. The highest BCUT2D eigenvalue weighted by Crippen LogP contribution is 2.51. The average molecular weight is 620 g/mol. The number of nitrogens with zero attached hydrogens (tertiary/aromatic N) is 2. The number of anilines is 1. The number of Topliss-reactive ketones (excluding diaryl/α,β-unsaturated/α-hetero) is 1. The molecule has 4 aromatic carbocycles. The number of ketones is 1. The second-order valence-electron chi connectivity index (χ2n) is 12.1. The third kappa shape index (κ3) is 5.42. The molecule has 0 spiro atoms. The molecule has 0 bridgehead atoms. The fourth-order valence-corrected chi connectivity index (χ4v) is 7.71. The molecule has 1 saturated heterocycles. The van der Waals surface area contributed by atoms with Crippen molar-refractivity contribution in [2.45, 2.75) is 42.4 Å². The number of aromatic amines is 1. The highest BCUT2D eigenvalue weighted by Gasteiger charge is 2.59. The number of carbonyl (C=O) groups excluding carboxylic acids is 2. The summed E-state index contributed by atoms with van der Waals surface area (Å²) < 4.78 is 34.6. The number of esters is 1. The van der Waals surface area contributed by atoms with Gasteiger partial charge in [-0.15, -0.1) is 0 Å². The monoisotopic (exact) mass is 619 g/mol. The Balaban J connectivity index is 1.23. The molecule has 2 fully saturated rings. The number of ether oxygens (including phenoxy) is 1. The lowest BCUT2D eigenvalue weighted by Gasteiger charge is -2.28. The van der Waals surface area contributed by atoms with E-state index in [2.05, 4.69) is 9.97 Å². The van der Waals surface area contributed by atoms with Gasteiger partial charge in [0.15, 0.2) is 11.4 Å². The maximum absolute atomic E-state index is 14.6. The number of benzene rings is 4. The van der Waals surface area contributed by atoms with Gasteiger partial charge in [-0.25, -0.2) is 4.98 Å². The Morgan fingerprint density at radius 3 is 2.11 bits per heavy atom. The van der Waals surface area contributed by atoms with Crippen LogP contribution >= 0.6 is 0 Å². The summed E-state index contributed by atoms with van der Waals surface area (Å²) in [5, 5.41) is -0.156. The van der Waals surface area contributed by atoms with Gasteiger partial charge in [0, 0.05) is 25.8 Å². The van der Waals surface area contributed by atoms with Crippen LogP contribution in [0.25, 0.3) is 11.0 Å². The zero-order valence-electron chi connectivity index (χ0n) is 24.8. The van der Waals surface area contributed by atoms with Crippen molar-refractivity contribution in [1.82, 2.24) is 9.97 Å². The minimum atomic E-state index is -4.02. The number of rotatable bonds is 10. The van der Waals surface area contributed by atoms with Crippen LogP contribution in [0.2, 0.25) is 0 Å². The van der Waals surface area contributed by atoms with E-state index in [1.807, 2.05) is 72.8 Å². The first-order valence-corrected chi connectivity index (χ1v) is 16.6. The largest absolute Gasteiger partial charge is 0.450 e. The minimum Gasteiger partial charge on any atom is -0.450 e. The molecule has 0 radical (unpaired) electrons. The van der Waals surface area contributed by atoms with Crippen LogP contribution in [0.4, 0.5) is 5.69 Å². The lowest BCUT2D eigenvalue weighted by atomic mass is 9.74. The minimum absolute atomic E-state index is 0.114. The molecule has 2 aliphatic rings. The highest BCUT2D eigenvalue weighted by molar-refractivity contribution is 7.92. The second kappa shape index (κ2) is 11.3. The highest BCUT2D eigenvalue weighted by atomic mass is 32.2. The maximum atomic E-state index is 14.6. The summed E-state index contributed by atoms with van der Waals surface area (Å²) >= 11 is 0. The quantitative estimate of drug-likeness (QED) is 0.155. The first kappa shape index (κ1) is 29.0. The van der Waals surface area contributed by atoms with Gasteiger partial charge in [-0.1, -0.05) is 84.9 Å². The standard InChI is InChI=1S/C36H33N3O5S/c1-39(45(42,43)35-37-29-17-8-9-18-30(29)38-35)28-16-10-15-27(21-28)31(26-19-20-26)32-33(40)36(44-34(32)41,22-24-11-4-2-5-12-24)23-25-13-6-3-7-14-25/h2-18,21,26,31-32H,19-20,22-23H2,1H3,(H,37,38). The third-order valence-electron chi connectivity index (χ3n) is 9.03. The molecule has 1 aliphatic carbocycles. The van der Waals surface area contributed by atoms with E-state index < -0.39 is 33.4 Å². The molecular weight excluding hydrogens is 586 g/mol. The summed E-state index contributed by atoms with van der Waals surface area (Å²) in [5.41, 5.74) is 2.83. The molecule has 1 N–H and O–H groups in total. The van der Waals surface area contributed by atoms with Crippen LogP contribution in [-0.2, 0) is 37.2 Å². The van der Waals surface area contributed by atoms with Gasteiger partial charge in [-0.3, -0.25) is 13.9 Å². The van der Waals surface area contributed by atoms with Gasteiger partial charge in [0.05, 0.1) is 16.7 Å². The molecule has 45 heavy (non-hydrogen) atoms. The molecule has 2 unspecified atom stereocenters. The van der Waals surface area contributed by atoms with Crippen molar-refractivity contribution >= 4 is 38.5 Å². The topological polar surface area (TPSA) is 109 Å². The van der Waals surface area contributed by atoms with E-state index in [1.54, 1.807) is 36.4 Å². The van der Waals surface area contributed by atoms with Crippen molar-refractivity contribution in [3.05, 3.63) is 126 Å². The van der Waals surface area contributed by atoms with Crippen molar-refractivity contribution < 1.29 is 22.7 Å². The lowest BCUT2D eigenvalue weighted by molar-refractivity contribution is -0.152. The molecular formula is C36H33N3O5S. The molecule has 7 rings (SSSR count). The van der Waals surface area contributed by atoms with Crippen LogP contribution in [0.1, 0.15) is 35.4 Å². The Morgan fingerprint density at radius 2 is 1.49 bits per heavy atom. The first-order valence-electron chi connectivity index (χ1n) is 15.1. The summed E-state index contributed by atoms with van der Waals surface area (Å²) in [5.74, 6) is -2.04. The molecule has 1 aromatic heterocycles. The van der Waals surface area contributed by atoms with Crippen LogP contribution in [0, 0.1) is 11.8 Å². The average Bonchev–Trinajstić information content (AvgIpc) is 3.74. The van der Waals surface area contributed by atoms with Crippen LogP contribution in [-0.4, -0.2) is 42.8 Å². The number of imidazole rings is 1. The Kier molecular flexibility index (Phi) is 7.28. The van der Waals surface area contributed by atoms with E-state index in [1.165, 1.54) is 11.4 Å². The number of para-hydroxylation sites is 2. The maximum Gasteiger partial charge on any atom is 0.318 e. The van der Waals surface area contributed by atoms with E-state index >= 15 is 0 Å². The third-order valence-corrected chi connectivity index (χ3v) is 10.6. The van der Waals surface area contributed by atoms with E-state index in [9.17, 15) is 18.0 Å². The van der Waals surface area contributed by atoms with Gasteiger partial charge in [0.2, 0.25) is 5.16 Å². The molecule has 0 amide bonds. The van der Waals surface area contributed by atoms with E-state index in [-0.39, 0.29) is 29.7 Å². The number of hydrogen-bond donors (Lipinski definition) is 1. The van der Waals surface area contributed by atoms with E-state index in [0.29, 0.717) is 16.7 Å². The zero-order chi connectivity index (χ0) is 31.2. The van der Waals surface area contributed by atoms with E-state index in [0.717, 1.165) is 29.5 Å². The summed E-state index contributed by atoms with van der Waals surface area (Å²) in [7, 11) is -2.54. The molecule has 8 nitrogen and oxygen atoms in total. The second-order valence-corrected chi connectivity index (χ2v) is 14.0. The Morgan fingerprint density at radius 1 is 0.867 bits per heavy atom. The fraction of sp³-hybridized carbons (Fsp3) is 0.250. The summed E-state index contributed by atoms with van der Waals surface area (Å²) in [6.45, 7) is 0. The number of aromatic nitrogens is 2. The number of fused-ring (bicyclic) bond motifs is 1. The first-order chi connectivity index (χ1) is 21.7. The molecule has 9 heteroatoms. The number of sulfonamides is 1. The van der Waals surface area contributed by atoms with Crippen molar-refractivity contribution in [1.29, 1.82) is 0 Å². The van der Waals surface area contributed by atoms with Gasteiger partial charge < -0.3 is 9.72 Å². The summed E-state index contributed by atoms with van der Waals surface area (Å²) in [6, 6.07) is 33.5. The Hall–Kier alpha value is -4.76. The normalized spacial score (nSPS) is 18.6. The summed E-state index contributed by atoms with van der Waals surface area (Å²) in [6.07, 6.45) is 2.31. The Labute approximate surface area is 262 Å². The van der Waals surface area contributed by atoms with Crippen molar-refractivity contribution in [3.8, 4) is 0 Å². The summed E-state index contributed by atoms with van der Waals surface area (Å²) in [4.78, 5) is 35.6. The predicted molar refractivity (Wildman–Crippen MR) is 171 cm³/mol. The van der Waals surface area contributed by atoms with Gasteiger partial charge in [0.25, 0.3) is 10.0 Å². The van der Waals surface area contributed by atoms with Crippen molar-refractivity contribution in [2.24, 2.45) is 11.8 Å². The van der Waals surface area contributed by atoms with Crippen LogP contribution in [0.15, 0.2) is 114 Å². The number of hydrogen-bond acceptors (Lipinski definition) is 6. The van der Waals surface area contributed by atoms with Crippen LogP contribution < -0.4 is 4.31 Å². The molecule has 1 saturated carbocycles. The van der Waals surface area contributed by atoms with Crippen molar-refractivity contribution in [3.63, 3.8) is 0 Å². The van der Waals surface area contributed by atoms with Gasteiger partial charge in [-0.2, -0.15) is 8.42 Å². The number of cyclic esters (lactones) is 1. The van der Waals surface area contributed by atoms with Gasteiger partial charge in [0.1, 0.15) is 5.92 Å². The smallest absolute Gasteiger partial charge is 0.318 e. The fourth-order valence-electron chi connectivity index (χ4n) is 6.61. The molecule has 228 valence electrons. The predicted octanol–water partition coefficient (Wildman–Crippen LogP) is 5.85. The van der Waals surface area contributed by atoms with Crippen LogP contribution in [0.5, 0.6) is 0 Å². The van der Waals surface area contributed by atoms with Gasteiger partial charge in [-0.05, 0) is 59.7 Å². The molecule has 1 aliphatic heterocycles. The Bertz CT molecular complexity index is 1910. The van der Waals surface area contributed by atoms with E-state index in [4.69, 9.17) is 4.74 Å². The van der Waals surface area contributed by atoms with Gasteiger partial charge >= 0.3 is 5.97 Å². The zero-order valence-corrected chi connectivity index (χ0v) is 25.6. The molecule has 5 aromatic rings. The van der Waals surface area contributed by atoms with Crippen LogP contribution in [0.3, 0.4) is 0 Å².